The zero-order valence-corrected chi connectivity index (χ0v) is 12.6. The fourth-order valence-corrected chi connectivity index (χ4v) is 1.97. The number of aryl methyl sites for hydroxylation is 1. The highest BCUT2D eigenvalue weighted by Crippen LogP contribution is 2.16. The number of nitrogens with one attached hydrogen (secondary N) is 1. The summed E-state index contributed by atoms with van der Waals surface area (Å²) in [6.07, 6.45) is 3.79. The van der Waals surface area contributed by atoms with Gasteiger partial charge in [-0.3, -0.25) is 4.98 Å². The van der Waals surface area contributed by atoms with Crippen molar-refractivity contribution in [3.05, 3.63) is 64.4 Å². The topological polar surface area (TPSA) is 51.2 Å². The molecular weight excluding hydrogens is 288 g/mol. The first kappa shape index (κ1) is 15.3. The first-order valence-corrected chi connectivity index (χ1v) is 7.07. The Morgan fingerprint density at radius 2 is 2.00 bits per heavy atom. The number of hydrogen-bond donors (Lipinski definition) is 1. The van der Waals surface area contributed by atoms with E-state index in [2.05, 4.69) is 10.3 Å². The minimum absolute atomic E-state index is 0.235. The van der Waals surface area contributed by atoms with Crippen LogP contribution in [0.1, 0.15) is 16.7 Å². The van der Waals surface area contributed by atoms with Gasteiger partial charge in [0.2, 0.25) is 0 Å². The lowest BCUT2D eigenvalue weighted by molar-refractivity contribution is 0.140. The lowest BCUT2D eigenvalue weighted by atomic mass is 10.1. The summed E-state index contributed by atoms with van der Waals surface area (Å²) < 4.78 is 5.16. The number of benzene rings is 1. The molecule has 0 unspecified atom stereocenters. The van der Waals surface area contributed by atoms with Gasteiger partial charge in [0, 0.05) is 24.0 Å². The van der Waals surface area contributed by atoms with E-state index in [1.165, 1.54) is 0 Å². The molecule has 1 heterocycles. The highest BCUT2D eigenvalue weighted by atomic mass is 35.5. The highest BCUT2D eigenvalue weighted by Gasteiger charge is 2.03. The van der Waals surface area contributed by atoms with Crippen LogP contribution in [-0.4, -0.2) is 17.6 Å². The first-order chi connectivity index (χ1) is 10.1. The maximum absolute atomic E-state index is 11.6. The molecule has 2 aromatic rings. The monoisotopic (exact) mass is 304 g/mol. The second-order valence-corrected chi connectivity index (χ2v) is 5.10. The summed E-state index contributed by atoms with van der Waals surface area (Å²) in [5.74, 6) is 0. The van der Waals surface area contributed by atoms with E-state index in [-0.39, 0.29) is 6.61 Å². The van der Waals surface area contributed by atoms with E-state index >= 15 is 0 Å². The van der Waals surface area contributed by atoms with Crippen molar-refractivity contribution in [3.8, 4) is 0 Å². The van der Waals surface area contributed by atoms with Gasteiger partial charge in [0.25, 0.3) is 0 Å². The van der Waals surface area contributed by atoms with Crippen LogP contribution in [0.25, 0.3) is 0 Å². The molecule has 0 aliphatic carbocycles. The Kier molecular flexibility index (Phi) is 5.58. The Morgan fingerprint density at radius 1 is 1.24 bits per heavy atom. The molecule has 1 N–H and O–H groups in total. The van der Waals surface area contributed by atoms with Gasteiger partial charge in [-0.05, 0) is 48.2 Å². The maximum atomic E-state index is 11.6. The fourth-order valence-electron chi connectivity index (χ4n) is 1.85. The molecule has 4 nitrogen and oxygen atoms in total. The van der Waals surface area contributed by atoms with Gasteiger partial charge >= 0.3 is 6.09 Å². The Labute approximate surface area is 129 Å². The van der Waals surface area contributed by atoms with E-state index in [0.717, 1.165) is 23.1 Å². The Morgan fingerprint density at radius 3 is 2.71 bits per heavy atom. The molecule has 21 heavy (non-hydrogen) atoms. The largest absolute Gasteiger partial charge is 0.445 e. The molecule has 0 spiro atoms. The summed E-state index contributed by atoms with van der Waals surface area (Å²) >= 11 is 5.95. The Bertz CT molecular complexity index is 602. The van der Waals surface area contributed by atoms with Crippen molar-refractivity contribution in [3.63, 3.8) is 0 Å². The van der Waals surface area contributed by atoms with Crippen molar-refractivity contribution >= 4 is 17.7 Å². The summed E-state index contributed by atoms with van der Waals surface area (Å²) in [5, 5.41) is 3.43. The van der Waals surface area contributed by atoms with Gasteiger partial charge in [-0.15, -0.1) is 0 Å². The molecule has 0 radical (unpaired) electrons. The number of carbonyl (C=O) groups excluding carboxylic acids is 1. The summed E-state index contributed by atoms with van der Waals surface area (Å²) in [6.45, 7) is 2.68. The zero-order valence-electron chi connectivity index (χ0n) is 11.8. The Hall–Kier alpha value is -2.07. The molecule has 0 fully saturated rings. The minimum atomic E-state index is -0.420. The molecule has 1 aromatic heterocycles. The third-order valence-electron chi connectivity index (χ3n) is 3.02. The lowest BCUT2D eigenvalue weighted by Crippen LogP contribution is -2.26. The van der Waals surface area contributed by atoms with Crippen molar-refractivity contribution in [1.29, 1.82) is 0 Å². The fraction of sp³-hybridized carbons (Fsp3) is 0.250. The van der Waals surface area contributed by atoms with E-state index in [9.17, 15) is 4.79 Å². The van der Waals surface area contributed by atoms with Crippen molar-refractivity contribution in [2.75, 3.05) is 6.54 Å². The van der Waals surface area contributed by atoms with Crippen molar-refractivity contribution < 1.29 is 9.53 Å². The number of ether oxygens (including phenoxy) is 1. The van der Waals surface area contributed by atoms with Crippen molar-refractivity contribution in [1.82, 2.24) is 10.3 Å². The number of nitrogens with zero attached hydrogens (tertiary/aromatic N) is 1. The van der Waals surface area contributed by atoms with Crippen LogP contribution in [0.5, 0.6) is 0 Å². The van der Waals surface area contributed by atoms with Crippen LogP contribution < -0.4 is 5.32 Å². The molecule has 2 rings (SSSR count). The summed E-state index contributed by atoms with van der Waals surface area (Å²) in [5.41, 5.74) is 3.01. The number of hydrogen-bond acceptors (Lipinski definition) is 3. The molecule has 110 valence electrons. The number of carbonyl (C=O) groups is 1. The van der Waals surface area contributed by atoms with Gasteiger partial charge in [-0.2, -0.15) is 0 Å². The van der Waals surface area contributed by atoms with Crippen LogP contribution in [0.15, 0.2) is 42.7 Å². The normalized spacial score (nSPS) is 10.2. The standard InChI is InChI=1S/C16H17ClN2O2/c1-12-10-14(2-3-15(12)17)11-21-16(20)19-9-6-13-4-7-18-8-5-13/h2-5,7-8,10H,6,9,11H2,1H3,(H,19,20). The first-order valence-electron chi connectivity index (χ1n) is 6.70. The average Bonchev–Trinajstić information content (AvgIpc) is 2.49. The summed E-state index contributed by atoms with van der Waals surface area (Å²) in [4.78, 5) is 15.5. The number of aromatic nitrogens is 1. The SMILES string of the molecule is Cc1cc(COC(=O)NCCc2ccncc2)ccc1Cl. The van der Waals surface area contributed by atoms with E-state index in [1.54, 1.807) is 18.5 Å². The molecule has 0 aliphatic heterocycles. The molecular formula is C16H17ClN2O2. The molecule has 1 amide bonds. The van der Waals surface area contributed by atoms with E-state index < -0.39 is 6.09 Å². The smallest absolute Gasteiger partial charge is 0.407 e. The third kappa shape index (κ3) is 5.08. The van der Waals surface area contributed by atoms with Gasteiger partial charge < -0.3 is 10.1 Å². The van der Waals surface area contributed by atoms with Gasteiger partial charge in [0.15, 0.2) is 0 Å². The molecule has 0 aliphatic rings. The molecule has 1 aromatic carbocycles. The van der Waals surface area contributed by atoms with Crippen molar-refractivity contribution in [2.24, 2.45) is 0 Å². The van der Waals surface area contributed by atoms with Crippen LogP contribution in [0.2, 0.25) is 5.02 Å². The van der Waals surface area contributed by atoms with Crippen LogP contribution in [0.4, 0.5) is 4.79 Å². The van der Waals surface area contributed by atoms with Crippen LogP contribution in [0.3, 0.4) is 0 Å². The predicted octanol–water partition coefficient (Wildman–Crippen LogP) is 3.51. The maximum Gasteiger partial charge on any atom is 0.407 e. The number of pyridine rings is 1. The molecule has 0 saturated heterocycles. The van der Waals surface area contributed by atoms with E-state index in [4.69, 9.17) is 16.3 Å². The minimum Gasteiger partial charge on any atom is -0.445 e. The quantitative estimate of drug-likeness (QED) is 0.919. The summed E-state index contributed by atoms with van der Waals surface area (Å²) in [6, 6.07) is 9.40. The highest BCUT2D eigenvalue weighted by molar-refractivity contribution is 6.31. The second kappa shape index (κ2) is 7.64. The molecule has 0 saturated carbocycles. The second-order valence-electron chi connectivity index (χ2n) is 4.69. The number of amides is 1. The number of halogens is 1. The van der Waals surface area contributed by atoms with Crippen LogP contribution in [0, 0.1) is 6.92 Å². The summed E-state index contributed by atoms with van der Waals surface area (Å²) in [7, 11) is 0. The number of alkyl carbamates (subject to hydrolysis) is 1. The predicted molar refractivity (Wildman–Crippen MR) is 82.3 cm³/mol. The van der Waals surface area contributed by atoms with Crippen molar-refractivity contribution in [2.45, 2.75) is 20.0 Å². The van der Waals surface area contributed by atoms with Gasteiger partial charge in [0.1, 0.15) is 6.61 Å². The molecule has 0 atom stereocenters. The molecule has 5 heteroatoms. The zero-order chi connectivity index (χ0) is 15.1. The number of rotatable bonds is 5. The van der Waals surface area contributed by atoms with E-state index in [0.29, 0.717) is 11.6 Å². The van der Waals surface area contributed by atoms with Crippen LogP contribution in [-0.2, 0) is 17.8 Å². The van der Waals surface area contributed by atoms with Gasteiger partial charge in [-0.1, -0.05) is 23.7 Å². The van der Waals surface area contributed by atoms with Crippen LogP contribution >= 0.6 is 11.6 Å². The third-order valence-corrected chi connectivity index (χ3v) is 3.45. The van der Waals surface area contributed by atoms with Gasteiger partial charge in [0.05, 0.1) is 0 Å². The van der Waals surface area contributed by atoms with Gasteiger partial charge in [-0.25, -0.2) is 4.79 Å². The Balaban J connectivity index is 1.71. The molecule has 0 bridgehead atoms. The van der Waals surface area contributed by atoms with E-state index in [1.807, 2.05) is 31.2 Å². The average molecular weight is 305 g/mol. The lowest BCUT2D eigenvalue weighted by Gasteiger charge is -2.08.